The number of nitrogens with one attached hydrogen (secondary N) is 1. The first-order valence-electron chi connectivity index (χ1n) is 7.14. The first-order valence-corrected chi connectivity index (χ1v) is 8.19. The van der Waals surface area contributed by atoms with Crippen LogP contribution in [-0.4, -0.2) is 48.5 Å². The number of hydrogen-bond acceptors (Lipinski definition) is 6. The van der Waals surface area contributed by atoms with Gasteiger partial charge in [-0.1, -0.05) is 30.2 Å². The second kappa shape index (κ2) is 6.03. The smallest absolute Gasteiger partial charge is 0.247 e. The van der Waals surface area contributed by atoms with E-state index >= 15 is 0 Å². The van der Waals surface area contributed by atoms with Gasteiger partial charge in [0.25, 0.3) is 0 Å². The summed E-state index contributed by atoms with van der Waals surface area (Å²) in [5.41, 5.74) is 0.235. The van der Waals surface area contributed by atoms with Crippen LogP contribution in [0.4, 0.5) is 5.95 Å². The molecule has 0 amide bonds. The molecule has 0 saturated heterocycles. The van der Waals surface area contributed by atoms with Crippen LogP contribution in [0.3, 0.4) is 0 Å². The fourth-order valence-electron chi connectivity index (χ4n) is 2.51. The number of para-hydroxylation sites is 1. The summed E-state index contributed by atoms with van der Waals surface area (Å²) in [4.78, 5) is 0. The highest BCUT2D eigenvalue weighted by molar-refractivity contribution is 8.00. The highest BCUT2D eigenvalue weighted by Gasteiger charge is 2.45. The molecule has 0 bridgehead atoms. The van der Waals surface area contributed by atoms with E-state index in [0.29, 0.717) is 17.7 Å². The molecule has 2 unspecified atom stereocenters. The Morgan fingerprint density at radius 1 is 1.43 bits per heavy atom. The summed E-state index contributed by atoms with van der Waals surface area (Å²) in [7, 11) is 0. The van der Waals surface area contributed by atoms with Gasteiger partial charge in [0.05, 0.1) is 11.3 Å². The minimum absolute atomic E-state index is 0.302. The molecule has 0 aliphatic heterocycles. The number of aromatic nitrogens is 4. The molecule has 112 valence electrons. The average Bonchev–Trinajstić information content (AvgIpc) is 2.98. The van der Waals surface area contributed by atoms with Gasteiger partial charge >= 0.3 is 0 Å². The Morgan fingerprint density at radius 3 is 2.90 bits per heavy atom. The molecule has 3 rings (SSSR count). The molecule has 6 nitrogen and oxygen atoms in total. The molecule has 2 atom stereocenters. The summed E-state index contributed by atoms with van der Waals surface area (Å²) in [6.07, 6.45) is 1.89. The van der Waals surface area contributed by atoms with Crippen LogP contribution in [0.1, 0.15) is 19.8 Å². The fourth-order valence-corrected chi connectivity index (χ4v) is 3.71. The number of rotatable bonds is 6. The van der Waals surface area contributed by atoms with Gasteiger partial charge in [-0.25, -0.2) is 0 Å². The second-order valence-corrected chi connectivity index (χ2v) is 6.67. The van der Waals surface area contributed by atoms with Crippen molar-refractivity contribution in [3.05, 3.63) is 30.3 Å². The van der Waals surface area contributed by atoms with Crippen molar-refractivity contribution in [1.29, 1.82) is 0 Å². The molecule has 0 radical (unpaired) electrons. The van der Waals surface area contributed by atoms with Crippen LogP contribution >= 0.6 is 11.8 Å². The fraction of sp³-hybridized carbons (Fsp3) is 0.500. The van der Waals surface area contributed by atoms with Crippen LogP contribution in [0.25, 0.3) is 5.69 Å². The van der Waals surface area contributed by atoms with E-state index in [-0.39, 0.29) is 0 Å². The summed E-state index contributed by atoms with van der Waals surface area (Å²) in [5.74, 6) is 1.58. The second-order valence-electron chi connectivity index (χ2n) is 5.19. The van der Waals surface area contributed by atoms with Crippen molar-refractivity contribution in [3.63, 3.8) is 0 Å². The third kappa shape index (κ3) is 2.89. The van der Waals surface area contributed by atoms with Crippen LogP contribution in [0.15, 0.2) is 30.3 Å². The zero-order chi connectivity index (χ0) is 14.7. The van der Waals surface area contributed by atoms with Gasteiger partial charge in [0.1, 0.15) is 0 Å². The molecule has 7 heteroatoms. The van der Waals surface area contributed by atoms with Crippen molar-refractivity contribution in [2.45, 2.75) is 30.6 Å². The van der Waals surface area contributed by atoms with E-state index in [1.54, 1.807) is 4.68 Å². The quantitative estimate of drug-likeness (QED) is 0.846. The van der Waals surface area contributed by atoms with E-state index in [2.05, 4.69) is 27.8 Å². The lowest BCUT2D eigenvalue weighted by Gasteiger charge is -2.45. The van der Waals surface area contributed by atoms with E-state index in [0.717, 1.165) is 24.3 Å². The minimum Gasteiger partial charge on any atom is -0.387 e. The number of thioether (sulfide) groups is 1. The number of nitrogens with zero attached hydrogens (tertiary/aromatic N) is 4. The van der Waals surface area contributed by atoms with E-state index in [4.69, 9.17) is 0 Å². The van der Waals surface area contributed by atoms with Crippen molar-refractivity contribution < 1.29 is 5.11 Å². The van der Waals surface area contributed by atoms with Crippen LogP contribution in [-0.2, 0) is 0 Å². The van der Waals surface area contributed by atoms with Crippen LogP contribution < -0.4 is 5.32 Å². The van der Waals surface area contributed by atoms with Crippen LogP contribution in [0, 0.1) is 0 Å². The molecule has 1 aliphatic rings. The first kappa shape index (κ1) is 14.3. The summed E-state index contributed by atoms with van der Waals surface area (Å²) in [6, 6.07) is 9.71. The largest absolute Gasteiger partial charge is 0.387 e. The lowest BCUT2D eigenvalue weighted by Crippen LogP contribution is -2.54. The monoisotopic (exact) mass is 305 g/mol. The molecular weight excluding hydrogens is 286 g/mol. The molecule has 1 aliphatic carbocycles. The maximum absolute atomic E-state index is 10.6. The van der Waals surface area contributed by atoms with Gasteiger partial charge < -0.3 is 10.4 Å². The van der Waals surface area contributed by atoms with Crippen molar-refractivity contribution in [2.75, 3.05) is 17.6 Å². The third-order valence-corrected chi connectivity index (χ3v) is 5.24. The topological polar surface area (TPSA) is 75.9 Å². The van der Waals surface area contributed by atoms with E-state index in [1.807, 2.05) is 42.1 Å². The lowest BCUT2D eigenvalue weighted by atomic mass is 9.79. The molecule has 0 spiro atoms. The standard InChI is InChI=1S/C14H19N5OS/c1-2-21-12-8-9-14(12,20)10-15-13-16-17-18-19(13)11-6-4-3-5-7-11/h3-7,12,20H,2,8-10H2,1H3,(H,15,16,18). The van der Waals surface area contributed by atoms with Gasteiger partial charge in [-0.15, -0.1) is 0 Å². The summed E-state index contributed by atoms with van der Waals surface area (Å²) >= 11 is 1.81. The van der Waals surface area contributed by atoms with E-state index in [1.165, 1.54) is 0 Å². The van der Waals surface area contributed by atoms with Gasteiger partial charge in [-0.3, -0.25) is 0 Å². The van der Waals surface area contributed by atoms with Gasteiger partial charge in [0.2, 0.25) is 5.95 Å². The third-order valence-electron chi connectivity index (χ3n) is 3.83. The molecule has 1 saturated carbocycles. The summed E-state index contributed by atoms with van der Waals surface area (Å²) < 4.78 is 1.64. The zero-order valence-electron chi connectivity index (χ0n) is 11.9. The molecular formula is C14H19N5OS. The Hall–Kier alpha value is -1.60. The number of anilines is 1. The number of hydrogen-bond donors (Lipinski definition) is 2. The van der Waals surface area contributed by atoms with Gasteiger partial charge in [-0.2, -0.15) is 16.4 Å². The lowest BCUT2D eigenvalue weighted by molar-refractivity contribution is -0.0121. The molecule has 1 fully saturated rings. The average molecular weight is 305 g/mol. The predicted molar refractivity (Wildman–Crippen MR) is 83.7 cm³/mol. The number of benzene rings is 1. The molecule has 1 aromatic carbocycles. The van der Waals surface area contributed by atoms with Gasteiger partial charge in [0.15, 0.2) is 0 Å². The maximum Gasteiger partial charge on any atom is 0.247 e. The Balaban J connectivity index is 1.68. The van der Waals surface area contributed by atoms with Crippen molar-refractivity contribution in [1.82, 2.24) is 20.2 Å². The highest BCUT2D eigenvalue weighted by Crippen LogP contribution is 2.41. The zero-order valence-corrected chi connectivity index (χ0v) is 12.8. The van der Waals surface area contributed by atoms with E-state index < -0.39 is 5.60 Å². The number of aliphatic hydroxyl groups is 1. The van der Waals surface area contributed by atoms with Crippen molar-refractivity contribution in [3.8, 4) is 5.69 Å². The van der Waals surface area contributed by atoms with Crippen LogP contribution in [0.5, 0.6) is 0 Å². The Kier molecular flexibility index (Phi) is 4.12. The van der Waals surface area contributed by atoms with Crippen LogP contribution in [0.2, 0.25) is 0 Å². The summed E-state index contributed by atoms with van der Waals surface area (Å²) in [6.45, 7) is 2.59. The highest BCUT2D eigenvalue weighted by atomic mass is 32.2. The molecule has 1 aromatic heterocycles. The molecule has 21 heavy (non-hydrogen) atoms. The Bertz CT molecular complexity index is 590. The van der Waals surface area contributed by atoms with Crippen molar-refractivity contribution >= 4 is 17.7 Å². The Morgan fingerprint density at radius 2 is 2.24 bits per heavy atom. The molecule has 2 N–H and O–H groups in total. The summed E-state index contributed by atoms with van der Waals surface area (Å²) in [5, 5.41) is 25.8. The normalized spacial score (nSPS) is 24.6. The molecule has 1 heterocycles. The van der Waals surface area contributed by atoms with E-state index in [9.17, 15) is 5.11 Å². The van der Waals surface area contributed by atoms with Crippen molar-refractivity contribution in [2.24, 2.45) is 0 Å². The Labute approximate surface area is 127 Å². The number of tetrazole rings is 1. The SMILES string of the molecule is CCSC1CCC1(O)CNc1nnnn1-c1ccccc1. The maximum atomic E-state index is 10.6. The predicted octanol–water partition coefficient (Wildman–Crippen LogP) is 1.72. The van der Waals surface area contributed by atoms with Gasteiger partial charge in [0, 0.05) is 11.8 Å². The first-order chi connectivity index (χ1) is 10.2. The molecule has 2 aromatic rings. The minimum atomic E-state index is -0.659. The van der Waals surface area contributed by atoms with Gasteiger partial charge in [-0.05, 0) is 41.2 Å².